The molecule has 24 heavy (non-hydrogen) atoms. The number of hydrogen-bond donors (Lipinski definition) is 1. The van der Waals surface area contributed by atoms with Gasteiger partial charge in [0.1, 0.15) is 0 Å². The van der Waals surface area contributed by atoms with Gasteiger partial charge in [-0.15, -0.1) is 11.8 Å². The number of fused-ring (bicyclic) bond motifs is 2. The van der Waals surface area contributed by atoms with Gasteiger partial charge in [-0.3, -0.25) is 0 Å². The molecule has 2 aromatic carbocycles. The summed E-state index contributed by atoms with van der Waals surface area (Å²) in [5, 5.41) is 4.20. The Morgan fingerprint density at radius 1 is 0.875 bits per heavy atom. The molecule has 1 fully saturated rings. The van der Waals surface area contributed by atoms with Gasteiger partial charge in [0.05, 0.1) is 11.3 Å². The van der Waals surface area contributed by atoms with E-state index in [0.29, 0.717) is 11.3 Å². The second-order valence-corrected chi connectivity index (χ2v) is 8.13. The zero-order valence-corrected chi connectivity index (χ0v) is 14.5. The molecule has 0 radical (unpaired) electrons. The molecule has 0 spiro atoms. The summed E-state index contributed by atoms with van der Waals surface area (Å²) in [6.07, 6.45) is 2.68. The fourth-order valence-corrected chi connectivity index (χ4v) is 6.10. The molecule has 2 nitrogen and oxygen atoms in total. The van der Waals surface area contributed by atoms with Gasteiger partial charge in [0.2, 0.25) is 0 Å². The number of para-hydroxylation sites is 1. The third kappa shape index (κ3) is 2.34. The molecule has 0 amide bonds. The Labute approximate surface area is 147 Å². The van der Waals surface area contributed by atoms with E-state index in [1.807, 2.05) is 0 Å². The first-order valence-electron chi connectivity index (χ1n) is 8.92. The van der Waals surface area contributed by atoms with Crippen molar-refractivity contribution < 1.29 is 0 Å². The fourth-order valence-electron chi connectivity index (χ4n) is 4.41. The summed E-state index contributed by atoms with van der Waals surface area (Å²) in [6, 6.07) is 21.7. The summed E-state index contributed by atoms with van der Waals surface area (Å²) in [4.78, 5) is 4.32. The summed E-state index contributed by atoms with van der Waals surface area (Å²) in [5.74, 6) is 1.25. The van der Waals surface area contributed by atoms with Crippen molar-refractivity contribution in [3.63, 3.8) is 0 Å². The van der Waals surface area contributed by atoms with Crippen LogP contribution in [0.1, 0.15) is 24.3 Å². The van der Waals surface area contributed by atoms with Crippen LogP contribution in [0.15, 0.2) is 71.3 Å². The summed E-state index contributed by atoms with van der Waals surface area (Å²) in [7, 11) is 0. The minimum Gasteiger partial charge on any atom is -0.374 e. The molecule has 3 heteroatoms. The predicted molar refractivity (Wildman–Crippen MR) is 102 cm³/mol. The van der Waals surface area contributed by atoms with Crippen molar-refractivity contribution in [3.8, 4) is 0 Å². The highest BCUT2D eigenvalue weighted by Crippen LogP contribution is 2.56. The van der Waals surface area contributed by atoms with Crippen molar-refractivity contribution in [3.05, 3.63) is 76.8 Å². The molecule has 0 aliphatic carbocycles. The van der Waals surface area contributed by atoms with Crippen molar-refractivity contribution >= 4 is 17.4 Å². The molecule has 0 aromatic heterocycles. The number of piperidine rings is 1. The van der Waals surface area contributed by atoms with Gasteiger partial charge in [0.25, 0.3) is 0 Å². The van der Waals surface area contributed by atoms with Crippen LogP contribution < -0.4 is 5.32 Å². The van der Waals surface area contributed by atoms with E-state index < -0.39 is 0 Å². The molecule has 0 saturated carbocycles. The van der Waals surface area contributed by atoms with E-state index in [0.717, 1.165) is 5.92 Å². The lowest BCUT2D eigenvalue weighted by Crippen LogP contribution is -2.40. The van der Waals surface area contributed by atoms with Gasteiger partial charge in [0, 0.05) is 29.4 Å². The minimum atomic E-state index is 0.390. The normalized spacial score (nSPS) is 25.9. The maximum absolute atomic E-state index is 3.81. The standard InChI is InChI=1S/C21H22N2S/c1-3-7-15(8-4-1)18-19-20(16-11-13-23(19)14-12-16)24-21(18)22-17-9-5-2-6-10-17/h1-10,16,18,21-22H,11-14H2. The van der Waals surface area contributed by atoms with Crippen LogP contribution in [0.5, 0.6) is 0 Å². The summed E-state index contributed by atoms with van der Waals surface area (Å²) >= 11 is 2.08. The third-order valence-electron chi connectivity index (χ3n) is 5.55. The molecule has 6 rings (SSSR count). The molecule has 4 heterocycles. The van der Waals surface area contributed by atoms with Crippen LogP contribution in [0, 0.1) is 5.92 Å². The maximum atomic E-state index is 3.81. The Balaban J connectivity index is 1.54. The Morgan fingerprint density at radius 2 is 1.54 bits per heavy atom. The number of thioether (sulfide) groups is 1. The van der Waals surface area contributed by atoms with Crippen LogP contribution >= 0.6 is 11.8 Å². The largest absolute Gasteiger partial charge is 0.374 e. The van der Waals surface area contributed by atoms with Gasteiger partial charge < -0.3 is 10.2 Å². The van der Waals surface area contributed by atoms with Crippen LogP contribution in [0.4, 0.5) is 5.69 Å². The van der Waals surface area contributed by atoms with Crippen LogP contribution in [-0.2, 0) is 0 Å². The average Bonchev–Trinajstić information content (AvgIpc) is 3.05. The summed E-state index contributed by atoms with van der Waals surface area (Å²) < 4.78 is 0. The lowest BCUT2D eigenvalue weighted by atomic mass is 9.84. The number of anilines is 1. The topological polar surface area (TPSA) is 15.3 Å². The minimum absolute atomic E-state index is 0.390. The number of nitrogens with zero attached hydrogens (tertiary/aromatic N) is 1. The number of rotatable bonds is 3. The number of nitrogens with one attached hydrogen (secondary N) is 1. The van der Waals surface area contributed by atoms with Crippen molar-refractivity contribution in [1.29, 1.82) is 0 Å². The van der Waals surface area contributed by atoms with Gasteiger partial charge in [-0.1, -0.05) is 48.5 Å². The monoisotopic (exact) mass is 334 g/mol. The second-order valence-electron chi connectivity index (χ2n) is 6.95. The van der Waals surface area contributed by atoms with Crippen LogP contribution in [0.2, 0.25) is 0 Å². The number of hydrogen-bond acceptors (Lipinski definition) is 3. The molecule has 1 N–H and O–H groups in total. The van der Waals surface area contributed by atoms with Crippen molar-refractivity contribution in [1.82, 2.24) is 4.90 Å². The van der Waals surface area contributed by atoms with E-state index in [2.05, 4.69) is 82.6 Å². The van der Waals surface area contributed by atoms with Gasteiger partial charge >= 0.3 is 0 Å². The second kappa shape index (κ2) is 5.89. The van der Waals surface area contributed by atoms with Gasteiger partial charge in [-0.25, -0.2) is 0 Å². The van der Waals surface area contributed by atoms with Gasteiger partial charge in [-0.05, 0) is 36.5 Å². The van der Waals surface area contributed by atoms with E-state index in [-0.39, 0.29) is 0 Å². The van der Waals surface area contributed by atoms with Crippen LogP contribution in [0.25, 0.3) is 0 Å². The van der Waals surface area contributed by atoms with Gasteiger partial charge in [0.15, 0.2) is 0 Å². The van der Waals surface area contributed by atoms with Crippen molar-refractivity contribution in [2.24, 2.45) is 5.92 Å². The first-order valence-corrected chi connectivity index (χ1v) is 9.80. The smallest absolute Gasteiger partial charge is 0.0890 e. The van der Waals surface area contributed by atoms with E-state index in [1.165, 1.54) is 37.2 Å². The first-order chi connectivity index (χ1) is 11.9. The number of benzene rings is 2. The van der Waals surface area contributed by atoms with E-state index in [9.17, 15) is 0 Å². The van der Waals surface area contributed by atoms with Crippen molar-refractivity contribution in [2.75, 3.05) is 18.4 Å². The fraction of sp³-hybridized carbons (Fsp3) is 0.333. The third-order valence-corrected chi connectivity index (χ3v) is 6.99. The summed E-state index contributed by atoms with van der Waals surface area (Å²) in [6.45, 7) is 2.48. The SMILES string of the molecule is c1ccc(NC2SC3=C(C2c2ccccc2)N2CCC3CC2)cc1. The Morgan fingerprint density at radius 3 is 2.25 bits per heavy atom. The lowest BCUT2D eigenvalue weighted by molar-refractivity contribution is 0.206. The maximum Gasteiger partial charge on any atom is 0.0890 e. The molecule has 2 bridgehead atoms. The summed E-state index contributed by atoms with van der Waals surface area (Å²) in [5.41, 5.74) is 4.27. The lowest BCUT2D eigenvalue weighted by Gasteiger charge is -2.43. The molecular formula is C21H22N2S. The molecule has 122 valence electrons. The van der Waals surface area contributed by atoms with E-state index in [1.54, 1.807) is 10.6 Å². The Kier molecular flexibility index (Phi) is 3.55. The molecular weight excluding hydrogens is 312 g/mol. The van der Waals surface area contributed by atoms with Crippen LogP contribution in [0.3, 0.4) is 0 Å². The molecule has 2 unspecified atom stereocenters. The zero-order valence-electron chi connectivity index (χ0n) is 13.7. The zero-order chi connectivity index (χ0) is 15.9. The van der Waals surface area contributed by atoms with Crippen LogP contribution in [-0.4, -0.2) is 23.4 Å². The Bertz CT molecular complexity index is 748. The van der Waals surface area contributed by atoms with Crippen molar-refractivity contribution in [2.45, 2.75) is 24.1 Å². The molecule has 1 saturated heterocycles. The highest BCUT2D eigenvalue weighted by molar-refractivity contribution is 8.04. The highest BCUT2D eigenvalue weighted by Gasteiger charge is 2.46. The molecule has 4 aliphatic heterocycles. The Hall–Kier alpha value is -1.87. The highest BCUT2D eigenvalue weighted by atomic mass is 32.2. The molecule has 4 aliphatic rings. The number of allylic oxidation sites excluding steroid dienone is 1. The van der Waals surface area contributed by atoms with Gasteiger partial charge in [-0.2, -0.15) is 0 Å². The quantitative estimate of drug-likeness (QED) is 0.860. The van der Waals surface area contributed by atoms with E-state index in [4.69, 9.17) is 0 Å². The van der Waals surface area contributed by atoms with E-state index >= 15 is 0 Å². The molecule has 2 atom stereocenters. The molecule has 2 aromatic rings. The average molecular weight is 334 g/mol. The first kappa shape index (κ1) is 14.5. The predicted octanol–water partition coefficient (Wildman–Crippen LogP) is 4.89.